The topological polar surface area (TPSA) is 80.9 Å². The van der Waals surface area contributed by atoms with Gasteiger partial charge < -0.3 is 20.4 Å². The summed E-state index contributed by atoms with van der Waals surface area (Å²) >= 11 is 0. The molecule has 0 heterocycles. The SMILES string of the molecule is CCC(C)C(C)O.CCC(C)C(C)O.CCC(C)C(C)O.CCC(C)C(C)O.[Zr]. The van der Waals surface area contributed by atoms with E-state index in [9.17, 15) is 0 Å². The first-order valence-electron chi connectivity index (χ1n) is 11.4. The minimum absolute atomic E-state index is 0. The van der Waals surface area contributed by atoms with E-state index >= 15 is 0 Å². The Labute approximate surface area is 203 Å². The van der Waals surface area contributed by atoms with Gasteiger partial charge in [-0.25, -0.2) is 0 Å². The Morgan fingerprint density at radius 1 is 0.379 bits per heavy atom. The van der Waals surface area contributed by atoms with E-state index in [1.165, 1.54) is 0 Å². The molecule has 0 aromatic carbocycles. The zero-order valence-electron chi connectivity index (χ0n) is 21.7. The van der Waals surface area contributed by atoms with Crippen LogP contribution in [0, 0.1) is 23.7 Å². The summed E-state index contributed by atoms with van der Waals surface area (Å²) in [7, 11) is 0. The van der Waals surface area contributed by atoms with E-state index in [-0.39, 0.29) is 50.6 Å². The second-order valence-electron chi connectivity index (χ2n) is 8.50. The fourth-order valence-corrected chi connectivity index (χ4v) is 1.36. The maximum atomic E-state index is 8.82. The number of hydrogen-bond acceptors (Lipinski definition) is 4. The molecule has 0 saturated carbocycles. The van der Waals surface area contributed by atoms with Gasteiger partial charge in [0.2, 0.25) is 0 Å². The molecule has 0 rings (SSSR count). The molecular weight excluding hydrogens is 443 g/mol. The van der Waals surface area contributed by atoms with Crippen LogP contribution in [0.15, 0.2) is 0 Å². The molecular formula is C24H56O4Zr. The van der Waals surface area contributed by atoms with Crippen LogP contribution in [-0.4, -0.2) is 44.8 Å². The average Bonchev–Trinajstić information content (AvgIpc) is 2.66. The van der Waals surface area contributed by atoms with Crippen LogP contribution >= 0.6 is 0 Å². The zero-order chi connectivity index (χ0) is 23.4. The Balaban J connectivity index is -0.0000000873. The monoisotopic (exact) mass is 498 g/mol. The summed E-state index contributed by atoms with van der Waals surface area (Å²) in [6.07, 6.45) is 3.73. The summed E-state index contributed by atoms with van der Waals surface area (Å²) in [4.78, 5) is 0. The minimum Gasteiger partial charge on any atom is -0.393 e. The van der Waals surface area contributed by atoms with Gasteiger partial charge in [0, 0.05) is 26.2 Å². The predicted molar refractivity (Wildman–Crippen MR) is 125 cm³/mol. The molecule has 0 saturated heterocycles. The van der Waals surface area contributed by atoms with Crippen LogP contribution in [0.25, 0.3) is 0 Å². The van der Waals surface area contributed by atoms with Gasteiger partial charge in [-0.2, -0.15) is 0 Å². The summed E-state index contributed by atoms with van der Waals surface area (Å²) in [5.74, 6) is 1.83. The van der Waals surface area contributed by atoms with Crippen molar-refractivity contribution < 1.29 is 46.6 Å². The molecule has 0 spiro atoms. The molecule has 180 valence electrons. The Morgan fingerprint density at radius 2 is 0.483 bits per heavy atom. The fourth-order valence-electron chi connectivity index (χ4n) is 1.36. The first kappa shape index (κ1) is 40.1. The molecule has 0 aromatic rings. The fraction of sp³-hybridized carbons (Fsp3) is 1.00. The van der Waals surface area contributed by atoms with Gasteiger partial charge in [-0.3, -0.25) is 0 Å². The molecule has 0 radical (unpaired) electrons. The summed E-state index contributed by atoms with van der Waals surface area (Å²) in [5.41, 5.74) is 0. The molecule has 0 fully saturated rings. The Hall–Kier alpha value is 0.723. The van der Waals surface area contributed by atoms with E-state index in [2.05, 4.69) is 27.7 Å². The maximum absolute atomic E-state index is 8.82. The van der Waals surface area contributed by atoms with E-state index in [1.54, 1.807) is 0 Å². The maximum Gasteiger partial charge on any atom is 0.0537 e. The third kappa shape index (κ3) is 33.6. The molecule has 0 amide bonds. The average molecular weight is 500 g/mol. The van der Waals surface area contributed by atoms with Gasteiger partial charge in [-0.1, -0.05) is 81.1 Å². The quantitative estimate of drug-likeness (QED) is 0.348. The van der Waals surface area contributed by atoms with Crippen molar-refractivity contribution in [2.75, 3.05) is 0 Å². The number of hydrogen-bond donors (Lipinski definition) is 4. The van der Waals surface area contributed by atoms with Crippen molar-refractivity contribution in [3.05, 3.63) is 0 Å². The second kappa shape index (κ2) is 26.8. The normalized spacial score (nSPS) is 18.2. The van der Waals surface area contributed by atoms with E-state index < -0.39 is 0 Å². The summed E-state index contributed by atoms with van der Waals surface area (Å²) in [5, 5.41) is 35.3. The molecule has 4 nitrogen and oxygen atoms in total. The van der Waals surface area contributed by atoms with Crippen molar-refractivity contribution in [2.45, 2.75) is 133 Å². The van der Waals surface area contributed by atoms with Crippen LogP contribution < -0.4 is 0 Å². The van der Waals surface area contributed by atoms with Crippen LogP contribution in [0.3, 0.4) is 0 Å². The third-order valence-corrected chi connectivity index (χ3v) is 5.87. The molecule has 0 aliphatic rings. The minimum atomic E-state index is -0.134. The Bertz CT molecular complexity index is 228. The van der Waals surface area contributed by atoms with E-state index in [0.29, 0.717) is 23.7 Å². The van der Waals surface area contributed by atoms with Crippen LogP contribution in [0.1, 0.15) is 109 Å². The predicted octanol–water partition coefficient (Wildman–Crippen LogP) is 5.65. The van der Waals surface area contributed by atoms with Crippen molar-refractivity contribution in [1.29, 1.82) is 0 Å². The smallest absolute Gasteiger partial charge is 0.0537 e. The Morgan fingerprint density at radius 3 is 0.483 bits per heavy atom. The molecule has 0 aliphatic heterocycles. The zero-order valence-corrected chi connectivity index (χ0v) is 24.2. The molecule has 29 heavy (non-hydrogen) atoms. The summed E-state index contributed by atoms with van der Waals surface area (Å²) in [6, 6.07) is 0. The van der Waals surface area contributed by atoms with Crippen molar-refractivity contribution in [1.82, 2.24) is 0 Å². The molecule has 0 bridgehead atoms. The van der Waals surface area contributed by atoms with Crippen LogP contribution in [-0.2, 0) is 26.2 Å². The van der Waals surface area contributed by atoms with Gasteiger partial charge >= 0.3 is 0 Å². The molecule has 5 heteroatoms. The summed E-state index contributed by atoms with van der Waals surface area (Å²) < 4.78 is 0. The van der Waals surface area contributed by atoms with Crippen molar-refractivity contribution in [3.63, 3.8) is 0 Å². The molecule has 8 atom stereocenters. The molecule has 8 unspecified atom stereocenters. The van der Waals surface area contributed by atoms with Gasteiger partial charge in [0.25, 0.3) is 0 Å². The van der Waals surface area contributed by atoms with Gasteiger partial charge in [0.1, 0.15) is 0 Å². The van der Waals surface area contributed by atoms with Crippen LogP contribution in [0.4, 0.5) is 0 Å². The first-order valence-corrected chi connectivity index (χ1v) is 11.4. The Kier molecular flexibility index (Phi) is 37.0. The van der Waals surface area contributed by atoms with Gasteiger partial charge in [-0.05, 0) is 51.4 Å². The number of rotatable bonds is 8. The third-order valence-electron chi connectivity index (χ3n) is 5.87. The van der Waals surface area contributed by atoms with E-state index in [4.69, 9.17) is 20.4 Å². The van der Waals surface area contributed by atoms with Crippen LogP contribution in [0.2, 0.25) is 0 Å². The molecule has 0 aromatic heterocycles. The van der Waals surface area contributed by atoms with Crippen molar-refractivity contribution in [3.8, 4) is 0 Å². The van der Waals surface area contributed by atoms with E-state index in [1.807, 2.05) is 55.4 Å². The van der Waals surface area contributed by atoms with Crippen molar-refractivity contribution >= 4 is 0 Å². The van der Waals surface area contributed by atoms with Gasteiger partial charge in [0.15, 0.2) is 0 Å². The standard InChI is InChI=1S/4C6H14O.Zr/c4*1-4-5(2)6(3)7;/h4*5-7H,4H2,1-3H3;. The largest absolute Gasteiger partial charge is 0.393 e. The van der Waals surface area contributed by atoms with E-state index in [0.717, 1.165) is 25.7 Å². The summed E-state index contributed by atoms with van der Waals surface area (Å²) in [6.45, 7) is 23.8. The van der Waals surface area contributed by atoms with Crippen molar-refractivity contribution in [2.24, 2.45) is 23.7 Å². The van der Waals surface area contributed by atoms with Gasteiger partial charge in [-0.15, -0.1) is 0 Å². The molecule has 0 aliphatic carbocycles. The number of aliphatic hydroxyl groups is 4. The first-order chi connectivity index (χ1) is 12.7. The second-order valence-corrected chi connectivity index (χ2v) is 8.50. The van der Waals surface area contributed by atoms with Gasteiger partial charge in [0.05, 0.1) is 24.4 Å². The molecule has 4 N–H and O–H groups in total. The van der Waals surface area contributed by atoms with Crippen LogP contribution in [0.5, 0.6) is 0 Å². The number of aliphatic hydroxyl groups excluding tert-OH is 4.